The van der Waals surface area contributed by atoms with Gasteiger partial charge < -0.3 is 9.47 Å². The maximum Gasteiger partial charge on any atom is 0.235 e. The highest BCUT2D eigenvalue weighted by Crippen LogP contribution is 2.50. The van der Waals surface area contributed by atoms with Crippen molar-refractivity contribution in [3.63, 3.8) is 0 Å². The normalized spacial score (nSPS) is 19.1. The van der Waals surface area contributed by atoms with Gasteiger partial charge in [-0.3, -0.25) is 0 Å². The number of carbonyl (C=O) groups excluding carboxylic acids is 1. The molecule has 0 radical (unpaired) electrons. The Balaban J connectivity index is 2.20. The van der Waals surface area contributed by atoms with Crippen LogP contribution in [-0.4, -0.2) is 12.9 Å². The van der Waals surface area contributed by atoms with Crippen LogP contribution < -0.4 is 9.47 Å². The fourth-order valence-electron chi connectivity index (χ4n) is 3.46. The summed E-state index contributed by atoms with van der Waals surface area (Å²) in [5, 5.41) is 0. The highest BCUT2D eigenvalue weighted by atomic mass is 16.7. The molecule has 0 atom stereocenters. The molecule has 0 N–H and O–H groups in total. The number of ether oxygens (including phenoxy) is 2. The molecule has 1 aromatic carbocycles. The number of hydrogen-bond acceptors (Lipinski definition) is 4. The van der Waals surface area contributed by atoms with E-state index in [0.717, 1.165) is 48.3 Å². The van der Waals surface area contributed by atoms with Crippen LogP contribution in [0.25, 0.3) is 0 Å². The van der Waals surface area contributed by atoms with E-state index in [-0.39, 0.29) is 6.79 Å². The zero-order valence-electron chi connectivity index (χ0n) is 11.9. The average molecular weight is 273 g/mol. The van der Waals surface area contributed by atoms with Crippen LogP contribution in [0.2, 0.25) is 0 Å². The summed E-state index contributed by atoms with van der Waals surface area (Å²) < 4.78 is 11.1. The van der Waals surface area contributed by atoms with Crippen LogP contribution in [0.5, 0.6) is 11.5 Å². The topological polar surface area (TPSA) is 47.9 Å². The van der Waals surface area contributed by atoms with Crippen LogP contribution in [-0.2, 0) is 10.3 Å². The standard InChI is InChI=1S/C16H19NO3/c1-11(2)14-12(5-6-13-15(14)20-10-19-13)16(17-9-18)7-3-4-8-16/h5-6,11H,3-4,7-8,10H2,1-2H3. The van der Waals surface area contributed by atoms with Gasteiger partial charge in [0.15, 0.2) is 11.5 Å². The second-order valence-corrected chi connectivity index (χ2v) is 5.86. The fraction of sp³-hybridized carbons (Fsp3) is 0.562. The van der Waals surface area contributed by atoms with Gasteiger partial charge in [-0.2, -0.15) is 4.99 Å². The van der Waals surface area contributed by atoms with Crippen LogP contribution in [0.15, 0.2) is 17.1 Å². The molecule has 0 aromatic heterocycles. The highest BCUT2D eigenvalue weighted by Gasteiger charge is 2.39. The largest absolute Gasteiger partial charge is 0.454 e. The lowest BCUT2D eigenvalue weighted by Crippen LogP contribution is -2.21. The number of rotatable bonds is 3. The Kier molecular flexibility index (Phi) is 3.27. The van der Waals surface area contributed by atoms with E-state index in [1.54, 1.807) is 6.08 Å². The summed E-state index contributed by atoms with van der Waals surface area (Å²) in [6, 6.07) is 3.99. The molecule has 1 aliphatic heterocycles. The Hall–Kier alpha value is -1.80. The van der Waals surface area contributed by atoms with Crippen LogP contribution in [0.1, 0.15) is 56.6 Å². The molecule has 1 heterocycles. The first-order valence-corrected chi connectivity index (χ1v) is 7.20. The molecular weight excluding hydrogens is 254 g/mol. The van der Waals surface area contributed by atoms with E-state index in [9.17, 15) is 4.79 Å². The molecule has 0 saturated heterocycles. The number of nitrogens with zero attached hydrogens (tertiary/aromatic N) is 1. The van der Waals surface area contributed by atoms with Gasteiger partial charge in [0.25, 0.3) is 0 Å². The summed E-state index contributed by atoms with van der Waals surface area (Å²) in [5.41, 5.74) is 1.82. The molecule has 0 unspecified atom stereocenters. The van der Waals surface area contributed by atoms with Gasteiger partial charge in [0, 0.05) is 5.56 Å². The number of benzene rings is 1. The van der Waals surface area contributed by atoms with E-state index < -0.39 is 5.54 Å². The van der Waals surface area contributed by atoms with Gasteiger partial charge in [-0.1, -0.05) is 32.8 Å². The maximum atomic E-state index is 10.9. The van der Waals surface area contributed by atoms with E-state index in [2.05, 4.69) is 24.9 Å². The van der Waals surface area contributed by atoms with Gasteiger partial charge in [-0.15, -0.1) is 0 Å². The zero-order chi connectivity index (χ0) is 14.2. The van der Waals surface area contributed by atoms with Crippen LogP contribution in [0.3, 0.4) is 0 Å². The lowest BCUT2D eigenvalue weighted by molar-refractivity contribution is 0.173. The molecular formula is C16H19NO3. The maximum absolute atomic E-state index is 10.9. The second-order valence-electron chi connectivity index (χ2n) is 5.86. The van der Waals surface area contributed by atoms with Gasteiger partial charge in [0.2, 0.25) is 12.9 Å². The minimum absolute atomic E-state index is 0.266. The van der Waals surface area contributed by atoms with E-state index in [1.807, 2.05) is 6.07 Å². The van der Waals surface area contributed by atoms with E-state index in [4.69, 9.17) is 9.47 Å². The smallest absolute Gasteiger partial charge is 0.235 e. The Labute approximate surface area is 118 Å². The molecule has 106 valence electrons. The van der Waals surface area contributed by atoms with Crippen LogP contribution in [0, 0.1) is 0 Å². The van der Waals surface area contributed by atoms with Crippen molar-refractivity contribution < 1.29 is 14.3 Å². The summed E-state index contributed by atoms with van der Waals surface area (Å²) >= 11 is 0. The Morgan fingerprint density at radius 2 is 2.00 bits per heavy atom. The molecule has 1 fully saturated rings. The van der Waals surface area contributed by atoms with Crippen LogP contribution >= 0.6 is 0 Å². The van der Waals surface area contributed by atoms with E-state index in [1.165, 1.54) is 0 Å². The molecule has 4 heteroatoms. The third-order valence-electron chi connectivity index (χ3n) is 4.35. The third-order valence-corrected chi connectivity index (χ3v) is 4.35. The van der Waals surface area contributed by atoms with Crippen molar-refractivity contribution >= 4 is 6.08 Å². The van der Waals surface area contributed by atoms with Crippen molar-refractivity contribution in [3.05, 3.63) is 23.3 Å². The Morgan fingerprint density at radius 3 is 2.65 bits per heavy atom. The van der Waals surface area contributed by atoms with Crippen molar-refractivity contribution in [2.24, 2.45) is 4.99 Å². The van der Waals surface area contributed by atoms with E-state index in [0.29, 0.717) is 5.92 Å². The molecule has 1 aromatic rings. The Bertz CT molecular complexity index is 567. The van der Waals surface area contributed by atoms with Crippen molar-refractivity contribution in [2.75, 3.05) is 6.79 Å². The number of fused-ring (bicyclic) bond motifs is 1. The second kappa shape index (κ2) is 4.95. The molecule has 4 nitrogen and oxygen atoms in total. The zero-order valence-corrected chi connectivity index (χ0v) is 11.9. The molecule has 0 amide bonds. The first kappa shape index (κ1) is 13.2. The van der Waals surface area contributed by atoms with Gasteiger partial charge in [-0.05, 0) is 30.4 Å². The quantitative estimate of drug-likeness (QED) is 0.624. The Morgan fingerprint density at radius 1 is 1.25 bits per heavy atom. The van der Waals surface area contributed by atoms with Crippen molar-refractivity contribution in [2.45, 2.75) is 51.0 Å². The predicted octanol–water partition coefficient (Wildman–Crippen LogP) is 3.64. The molecule has 2 aliphatic rings. The summed E-state index contributed by atoms with van der Waals surface area (Å²) in [4.78, 5) is 15.1. The van der Waals surface area contributed by atoms with Gasteiger partial charge in [-0.25, -0.2) is 4.79 Å². The lowest BCUT2D eigenvalue weighted by atomic mass is 9.81. The van der Waals surface area contributed by atoms with Crippen molar-refractivity contribution in [1.29, 1.82) is 0 Å². The number of hydrogen-bond donors (Lipinski definition) is 0. The van der Waals surface area contributed by atoms with Gasteiger partial charge in [0.1, 0.15) is 0 Å². The molecule has 3 rings (SSSR count). The molecule has 0 bridgehead atoms. The first-order valence-electron chi connectivity index (χ1n) is 7.20. The molecule has 0 spiro atoms. The summed E-state index contributed by atoms with van der Waals surface area (Å²) in [6.07, 6.45) is 5.78. The molecule has 20 heavy (non-hydrogen) atoms. The summed E-state index contributed by atoms with van der Waals surface area (Å²) in [5.74, 6) is 1.91. The minimum atomic E-state index is -0.414. The SMILES string of the molecule is CC(C)c1c(C2(N=C=O)CCCC2)ccc2c1OCO2. The first-order chi connectivity index (χ1) is 9.68. The summed E-state index contributed by atoms with van der Waals surface area (Å²) in [6.45, 7) is 4.53. The molecule has 1 saturated carbocycles. The monoisotopic (exact) mass is 273 g/mol. The lowest BCUT2D eigenvalue weighted by Gasteiger charge is -2.28. The average Bonchev–Trinajstić information content (AvgIpc) is 3.06. The van der Waals surface area contributed by atoms with E-state index >= 15 is 0 Å². The van der Waals surface area contributed by atoms with Crippen molar-refractivity contribution in [3.8, 4) is 11.5 Å². The highest BCUT2D eigenvalue weighted by molar-refractivity contribution is 5.56. The summed E-state index contributed by atoms with van der Waals surface area (Å²) in [7, 11) is 0. The number of aliphatic imine (C=N–C) groups is 1. The third kappa shape index (κ3) is 1.92. The van der Waals surface area contributed by atoms with Gasteiger partial charge >= 0.3 is 0 Å². The van der Waals surface area contributed by atoms with Gasteiger partial charge in [0.05, 0.1) is 5.54 Å². The predicted molar refractivity (Wildman–Crippen MR) is 74.9 cm³/mol. The minimum Gasteiger partial charge on any atom is -0.454 e. The fourth-order valence-corrected chi connectivity index (χ4v) is 3.46. The van der Waals surface area contributed by atoms with Crippen LogP contribution in [0.4, 0.5) is 0 Å². The number of isocyanates is 1. The molecule has 1 aliphatic carbocycles. The van der Waals surface area contributed by atoms with Crippen molar-refractivity contribution in [1.82, 2.24) is 0 Å².